The molecule has 1 aromatic heterocycles. The normalized spacial score (nSPS) is 9.79. The largest absolute Gasteiger partial charge is 0.436 e. The SMILES string of the molecule is Fc1cncnc1Oc1ccccc1. The molecule has 0 saturated heterocycles. The van der Waals surface area contributed by atoms with E-state index in [-0.39, 0.29) is 5.88 Å². The average molecular weight is 190 g/mol. The lowest BCUT2D eigenvalue weighted by Crippen LogP contribution is -1.92. The van der Waals surface area contributed by atoms with Crippen molar-refractivity contribution in [1.29, 1.82) is 0 Å². The Kier molecular flexibility index (Phi) is 2.36. The first-order valence-electron chi connectivity index (χ1n) is 4.04. The van der Waals surface area contributed by atoms with Crippen molar-refractivity contribution in [1.82, 2.24) is 9.97 Å². The molecule has 70 valence electrons. The molecule has 2 aromatic rings. The van der Waals surface area contributed by atoms with Gasteiger partial charge in [0.05, 0.1) is 6.20 Å². The van der Waals surface area contributed by atoms with Gasteiger partial charge < -0.3 is 4.74 Å². The molecule has 1 aromatic carbocycles. The number of hydrogen-bond donors (Lipinski definition) is 0. The fourth-order valence-corrected chi connectivity index (χ4v) is 0.977. The van der Waals surface area contributed by atoms with Crippen molar-refractivity contribution in [3.63, 3.8) is 0 Å². The third-order valence-electron chi connectivity index (χ3n) is 1.59. The summed E-state index contributed by atoms with van der Waals surface area (Å²) in [5, 5.41) is 0. The van der Waals surface area contributed by atoms with Crippen LogP contribution in [0.25, 0.3) is 0 Å². The zero-order chi connectivity index (χ0) is 9.80. The maximum Gasteiger partial charge on any atom is 0.259 e. The van der Waals surface area contributed by atoms with Crippen LogP contribution in [-0.4, -0.2) is 9.97 Å². The van der Waals surface area contributed by atoms with Gasteiger partial charge in [0, 0.05) is 0 Å². The molecule has 14 heavy (non-hydrogen) atoms. The topological polar surface area (TPSA) is 35.0 Å². The van der Waals surface area contributed by atoms with Crippen molar-refractivity contribution in [3.8, 4) is 11.6 Å². The first-order valence-corrected chi connectivity index (χ1v) is 4.04. The maximum atomic E-state index is 13.0. The number of aromatic nitrogens is 2. The van der Waals surface area contributed by atoms with E-state index in [0.717, 1.165) is 6.20 Å². The van der Waals surface area contributed by atoms with Crippen LogP contribution in [0.1, 0.15) is 0 Å². The number of nitrogens with zero attached hydrogens (tertiary/aromatic N) is 2. The lowest BCUT2D eigenvalue weighted by molar-refractivity contribution is 0.419. The Hall–Kier alpha value is -1.97. The lowest BCUT2D eigenvalue weighted by Gasteiger charge is -2.03. The molecule has 3 nitrogen and oxygen atoms in total. The summed E-state index contributed by atoms with van der Waals surface area (Å²) >= 11 is 0. The van der Waals surface area contributed by atoms with Crippen LogP contribution < -0.4 is 4.74 Å². The van der Waals surface area contributed by atoms with Gasteiger partial charge >= 0.3 is 0 Å². The second-order valence-corrected chi connectivity index (χ2v) is 2.59. The first-order chi connectivity index (χ1) is 6.86. The summed E-state index contributed by atoms with van der Waals surface area (Å²) in [4.78, 5) is 7.19. The minimum Gasteiger partial charge on any atom is -0.436 e. The minimum absolute atomic E-state index is 0.0637. The quantitative estimate of drug-likeness (QED) is 0.729. The molecule has 0 saturated carbocycles. The van der Waals surface area contributed by atoms with Crippen molar-refractivity contribution >= 4 is 0 Å². The molecule has 0 radical (unpaired) electrons. The fourth-order valence-electron chi connectivity index (χ4n) is 0.977. The van der Waals surface area contributed by atoms with E-state index >= 15 is 0 Å². The highest BCUT2D eigenvalue weighted by molar-refractivity contribution is 5.26. The summed E-state index contributed by atoms with van der Waals surface area (Å²) in [5.74, 6) is -0.0901. The van der Waals surface area contributed by atoms with Gasteiger partial charge in [0.25, 0.3) is 5.88 Å². The molecular formula is C10H7FN2O. The molecule has 1 heterocycles. The fraction of sp³-hybridized carbons (Fsp3) is 0. The Morgan fingerprint density at radius 2 is 1.93 bits per heavy atom. The Labute approximate surface area is 80.2 Å². The van der Waals surface area contributed by atoms with Crippen molar-refractivity contribution in [2.24, 2.45) is 0 Å². The molecule has 0 N–H and O–H groups in total. The smallest absolute Gasteiger partial charge is 0.259 e. The Balaban J connectivity index is 2.24. The van der Waals surface area contributed by atoms with E-state index in [1.54, 1.807) is 24.3 Å². The Morgan fingerprint density at radius 1 is 1.14 bits per heavy atom. The summed E-state index contributed by atoms with van der Waals surface area (Å²) in [6.45, 7) is 0. The van der Waals surface area contributed by atoms with E-state index in [2.05, 4.69) is 9.97 Å². The van der Waals surface area contributed by atoms with Crippen LogP contribution in [0.2, 0.25) is 0 Å². The molecule has 0 fully saturated rings. The number of hydrogen-bond acceptors (Lipinski definition) is 3. The summed E-state index contributed by atoms with van der Waals surface area (Å²) in [6, 6.07) is 8.90. The zero-order valence-corrected chi connectivity index (χ0v) is 7.22. The van der Waals surface area contributed by atoms with Crippen LogP contribution in [-0.2, 0) is 0 Å². The van der Waals surface area contributed by atoms with Crippen LogP contribution in [0, 0.1) is 5.82 Å². The number of para-hydroxylation sites is 1. The minimum atomic E-state index is -0.573. The van der Waals surface area contributed by atoms with Gasteiger partial charge in [-0.1, -0.05) is 18.2 Å². The standard InChI is InChI=1S/C10H7FN2O/c11-9-6-12-7-13-10(9)14-8-4-2-1-3-5-8/h1-7H. The highest BCUT2D eigenvalue weighted by atomic mass is 19.1. The summed E-state index contributed by atoms with van der Waals surface area (Å²) in [5.41, 5.74) is 0. The van der Waals surface area contributed by atoms with Gasteiger partial charge in [0.2, 0.25) is 5.82 Å². The number of halogens is 1. The molecule has 0 aliphatic rings. The van der Waals surface area contributed by atoms with E-state index in [1.807, 2.05) is 6.07 Å². The second kappa shape index (κ2) is 3.83. The third kappa shape index (κ3) is 1.85. The lowest BCUT2D eigenvalue weighted by atomic mass is 10.3. The maximum absolute atomic E-state index is 13.0. The van der Waals surface area contributed by atoms with Gasteiger partial charge in [0.15, 0.2) is 0 Å². The van der Waals surface area contributed by atoms with Gasteiger partial charge in [-0.3, -0.25) is 0 Å². The molecule has 0 aliphatic heterocycles. The number of ether oxygens (including phenoxy) is 1. The summed E-state index contributed by atoms with van der Waals surface area (Å²) < 4.78 is 18.2. The van der Waals surface area contributed by atoms with Gasteiger partial charge in [0.1, 0.15) is 12.1 Å². The van der Waals surface area contributed by atoms with Crippen molar-refractivity contribution in [2.45, 2.75) is 0 Å². The molecule has 4 heteroatoms. The summed E-state index contributed by atoms with van der Waals surface area (Å²) in [7, 11) is 0. The van der Waals surface area contributed by atoms with E-state index in [1.165, 1.54) is 6.33 Å². The van der Waals surface area contributed by atoms with Crippen LogP contribution in [0.4, 0.5) is 4.39 Å². The van der Waals surface area contributed by atoms with Crippen LogP contribution in [0.3, 0.4) is 0 Å². The highest BCUT2D eigenvalue weighted by Gasteiger charge is 2.04. The third-order valence-corrected chi connectivity index (χ3v) is 1.59. The Morgan fingerprint density at radius 3 is 2.64 bits per heavy atom. The summed E-state index contributed by atoms with van der Waals surface area (Å²) in [6.07, 6.45) is 2.30. The van der Waals surface area contributed by atoms with Gasteiger partial charge in [-0.05, 0) is 12.1 Å². The van der Waals surface area contributed by atoms with Crippen molar-refractivity contribution in [2.75, 3.05) is 0 Å². The molecular weight excluding hydrogens is 183 g/mol. The first kappa shape index (κ1) is 8.62. The van der Waals surface area contributed by atoms with Gasteiger partial charge in [-0.25, -0.2) is 4.98 Å². The van der Waals surface area contributed by atoms with E-state index in [4.69, 9.17) is 4.74 Å². The van der Waals surface area contributed by atoms with E-state index in [0.29, 0.717) is 5.75 Å². The molecule has 0 unspecified atom stereocenters. The molecule has 0 atom stereocenters. The highest BCUT2D eigenvalue weighted by Crippen LogP contribution is 2.19. The van der Waals surface area contributed by atoms with Crippen LogP contribution >= 0.6 is 0 Å². The van der Waals surface area contributed by atoms with Crippen LogP contribution in [0.5, 0.6) is 11.6 Å². The zero-order valence-electron chi connectivity index (χ0n) is 7.22. The van der Waals surface area contributed by atoms with Gasteiger partial charge in [-0.2, -0.15) is 9.37 Å². The van der Waals surface area contributed by atoms with Crippen LogP contribution in [0.15, 0.2) is 42.9 Å². The molecule has 0 bridgehead atoms. The van der Waals surface area contributed by atoms with E-state index in [9.17, 15) is 4.39 Å². The number of rotatable bonds is 2. The predicted molar refractivity (Wildman–Crippen MR) is 48.5 cm³/mol. The van der Waals surface area contributed by atoms with Crippen molar-refractivity contribution < 1.29 is 9.13 Å². The Bertz CT molecular complexity index is 419. The molecule has 0 amide bonds. The number of benzene rings is 1. The molecule has 2 rings (SSSR count). The second-order valence-electron chi connectivity index (χ2n) is 2.59. The van der Waals surface area contributed by atoms with Crippen molar-refractivity contribution in [3.05, 3.63) is 48.7 Å². The van der Waals surface area contributed by atoms with E-state index < -0.39 is 5.82 Å². The van der Waals surface area contributed by atoms with Gasteiger partial charge in [-0.15, -0.1) is 0 Å². The monoisotopic (exact) mass is 190 g/mol. The molecule has 0 aliphatic carbocycles. The predicted octanol–water partition coefficient (Wildman–Crippen LogP) is 2.41. The molecule has 0 spiro atoms. The average Bonchev–Trinajstić information content (AvgIpc) is 2.23.